The predicted molar refractivity (Wildman–Crippen MR) is 124 cm³/mol. The molecule has 2 aromatic carbocycles. The van der Waals surface area contributed by atoms with Gasteiger partial charge in [0.15, 0.2) is 0 Å². The summed E-state index contributed by atoms with van der Waals surface area (Å²) in [5, 5.41) is 2.24. The van der Waals surface area contributed by atoms with Gasteiger partial charge in [0.25, 0.3) is 17.1 Å². The van der Waals surface area contributed by atoms with Gasteiger partial charge in [0.1, 0.15) is 5.82 Å². The van der Waals surface area contributed by atoms with Crippen molar-refractivity contribution in [3.63, 3.8) is 0 Å². The van der Waals surface area contributed by atoms with Gasteiger partial charge in [0.05, 0.1) is 11.2 Å². The molecule has 11 heteroatoms. The number of imide groups is 1. The lowest BCUT2D eigenvalue weighted by Gasteiger charge is -2.13. The molecular formula is C22H22FN3O5S2. The molecule has 8 nitrogen and oxygen atoms in total. The zero-order chi connectivity index (χ0) is 24.0. The molecule has 0 unspecified atom stereocenters. The van der Waals surface area contributed by atoms with E-state index in [4.69, 9.17) is 0 Å². The van der Waals surface area contributed by atoms with Crippen molar-refractivity contribution < 1.29 is 27.2 Å². The fourth-order valence-electron chi connectivity index (χ4n) is 2.99. The van der Waals surface area contributed by atoms with Crippen LogP contribution >= 0.6 is 11.8 Å². The van der Waals surface area contributed by atoms with E-state index in [1.54, 1.807) is 24.3 Å². The fraction of sp³-hybridized carbons (Fsp3) is 0.227. The minimum Gasteiger partial charge on any atom is -0.350 e. The number of sulfonamides is 1. The third kappa shape index (κ3) is 7.24. The van der Waals surface area contributed by atoms with E-state index < -0.39 is 27.0 Å². The number of nitrogens with zero attached hydrogens (tertiary/aromatic N) is 1. The molecule has 1 fully saturated rings. The van der Waals surface area contributed by atoms with E-state index in [1.165, 1.54) is 30.3 Å². The quantitative estimate of drug-likeness (QED) is 0.521. The van der Waals surface area contributed by atoms with Crippen molar-refractivity contribution in [2.24, 2.45) is 0 Å². The number of nitrogens with one attached hydrogen (secondary N) is 2. The second kappa shape index (κ2) is 10.7. The highest BCUT2D eigenvalue weighted by atomic mass is 32.2. The average Bonchev–Trinajstić information content (AvgIpc) is 3.02. The Kier molecular flexibility index (Phi) is 8.01. The molecular weight excluding hydrogens is 469 g/mol. The number of carbonyl (C=O) groups excluding carboxylic acids is 3. The summed E-state index contributed by atoms with van der Waals surface area (Å²) in [6, 6.07) is 12.3. The van der Waals surface area contributed by atoms with E-state index in [0.29, 0.717) is 17.5 Å². The highest BCUT2D eigenvalue weighted by Gasteiger charge is 2.34. The molecule has 1 heterocycles. The molecule has 174 valence electrons. The Balaban J connectivity index is 1.49. The third-order valence-corrected chi connectivity index (χ3v) is 6.29. The van der Waals surface area contributed by atoms with E-state index in [0.717, 1.165) is 28.5 Å². The Labute approximate surface area is 195 Å². The zero-order valence-electron chi connectivity index (χ0n) is 17.7. The standard InChI is InChI=1S/C22H22FN3O5S2/c1-33(30,31)25-11-10-15-2-6-17(7-3-15)20(27)24-12-13-26-21(28)19(32-22(26)29)14-16-4-8-18(23)9-5-16/h2-9,14,25H,10-13H2,1H3,(H,24,27)/b19-14-. The van der Waals surface area contributed by atoms with Gasteiger partial charge in [-0.2, -0.15) is 0 Å². The van der Waals surface area contributed by atoms with Crippen molar-refractivity contribution in [1.82, 2.24) is 14.9 Å². The summed E-state index contributed by atoms with van der Waals surface area (Å²) >= 11 is 0.795. The van der Waals surface area contributed by atoms with Crippen LogP contribution in [0.2, 0.25) is 0 Å². The Morgan fingerprint density at radius 3 is 2.36 bits per heavy atom. The van der Waals surface area contributed by atoms with Crippen molar-refractivity contribution in [2.45, 2.75) is 6.42 Å². The third-order valence-electron chi connectivity index (χ3n) is 4.66. The molecule has 3 rings (SSSR count). The summed E-state index contributed by atoms with van der Waals surface area (Å²) in [6.07, 6.45) is 3.10. The monoisotopic (exact) mass is 491 g/mol. The first kappa shape index (κ1) is 24.6. The van der Waals surface area contributed by atoms with Crippen LogP contribution in [0.4, 0.5) is 9.18 Å². The van der Waals surface area contributed by atoms with Crippen LogP contribution in [-0.4, -0.2) is 56.3 Å². The van der Waals surface area contributed by atoms with Gasteiger partial charge >= 0.3 is 0 Å². The van der Waals surface area contributed by atoms with Gasteiger partial charge in [0.2, 0.25) is 10.0 Å². The topological polar surface area (TPSA) is 113 Å². The number of hydrogen-bond acceptors (Lipinski definition) is 6. The largest absolute Gasteiger partial charge is 0.350 e. The van der Waals surface area contributed by atoms with Gasteiger partial charge in [-0.3, -0.25) is 19.3 Å². The molecule has 0 atom stereocenters. The van der Waals surface area contributed by atoms with E-state index in [-0.39, 0.29) is 30.4 Å². The van der Waals surface area contributed by atoms with Crippen LogP contribution in [-0.2, 0) is 21.2 Å². The first-order valence-corrected chi connectivity index (χ1v) is 12.7. The van der Waals surface area contributed by atoms with Gasteiger partial charge in [-0.25, -0.2) is 17.5 Å². The summed E-state index contributed by atoms with van der Waals surface area (Å²) in [6.45, 7) is 0.366. The number of carbonyl (C=O) groups is 3. The lowest BCUT2D eigenvalue weighted by atomic mass is 10.1. The zero-order valence-corrected chi connectivity index (χ0v) is 19.3. The van der Waals surface area contributed by atoms with Gasteiger partial charge in [-0.15, -0.1) is 0 Å². The van der Waals surface area contributed by atoms with Crippen molar-refractivity contribution >= 4 is 44.9 Å². The average molecular weight is 492 g/mol. The van der Waals surface area contributed by atoms with E-state index >= 15 is 0 Å². The smallest absolute Gasteiger partial charge is 0.293 e. The number of hydrogen-bond donors (Lipinski definition) is 2. The van der Waals surface area contributed by atoms with E-state index in [9.17, 15) is 27.2 Å². The lowest BCUT2D eigenvalue weighted by Crippen LogP contribution is -2.37. The number of halogens is 1. The Morgan fingerprint density at radius 1 is 1.06 bits per heavy atom. The van der Waals surface area contributed by atoms with Gasteiger partial charge in [-0.05, 0) is 59.7 Å². The van der Waals surface area contributed by atoms with Crippen molar-refractivity contribution in [2.75, 3.05) is 25.9 Å². The van der Waals surface area contributed by atoms with Crippen LogP contribution in [0.3, 0.4) is 0 Å². The van der Waals surface area contributed by atoms with Gasteiger partial charge in [0, 0.05) is 25.2 Å². The van der Waals surface area contributed by atoms with Crippen molar-refractivity contribution in [1.29, 1.82) is 0 Å². The maximum Gasteiger partial charge on any atom is 0.293 e. The SMILES string of the molecule is CS(=O)(=O)NCCc1ccc(C(=O)NCCN2C(=O)S/C(=C\c3ccc(F)cc3)C2=O)cc1. The summed E-state index contributed by atoms with van der Waals surface area (Å²) in [4.78, 5) is 38.3. The minimum absolute atomic E-state index is 0.0202. The molecule has 33 heavy (non-hydrogen) atoms. The molecule has 2 N–H and O–H groups in total. The maximum absolute atomic E-state index is 13.0. The van der Waals surface area contributed by atoms with Crippen LogP contribution < -0.4 is 10.0 Å². The van der Waals surface area contributed by atoms with Crippen LogP contribution in [0.25, 0.3) is 6.08 Å². The number of amides is 3. The number of thioether (sulfide) groups is 1. The Hall–Kier alpha value is -3.02. The Morgan fingerprint density at radius 2 is 1.73 bits per heavy atom. The molecule has 3 amide bonds. The molecule has 1 saturated heterocycles. The van der Waals surface area contributed by atoms with Crippen LogP contribution in [0, 0.1) is 5.82 Å². The second-order valence-electron chi connectivity index (χ2n) is 7.25. The molecule has 0 aromatic heterocycles. The first-order chi connectivity index (χ1) is 15.6. The normalized spacial score (nSPS) is 15.3. The Bertz CT molecular complexity index is 1180. The molecule has 0 radical (unpaired) electrons. The van der Waals surface area contributed by atoms with Crippen molar-refractivity contribution in [3.8, 4) is 0 Å². The number of benzene rings is 2. The van der Waals surface area contributed by atoms with E-state index in [2.05, 4.69) is 10.0 Å². The minimum atomic E-state index is -3.25. The van der Waals surface area contributed by atoms with Gasteiger partial charge < -0.3 is 5.32 Å². The van der Waals surface area contributed by atoms with Crippen LogP contribution in [0.15, 0.2) is 53.4 Å². The summed E-state index contributed by atoms with van der Waals surface area (Å²) in [5.41, 5.74) is 1.87. The van der Waals surface area contributed by atoms with Crippen LogP contribution in [0.1, 0.15) is 21.5 Å². The van der Waals surface area contributed by atoms with Gasteiger partial charge in [-0.1, -0.05) is 24.3 Å². The fourth-order valence-corrected chi connectivity index (χ4v) is 4.33. The predicted octanol–water partition coefficient (Wildman–Crippen LogP) is 2.38. The summed E-state index contributed by atoms with van der Waals surface area (Å²) in [7, 11) is -3.25. The first-order valence-electron chi connectivity index (χ1n) is 9.95. The van der Waals surface area contributed by atoms with Crippen molar-refractivity contribution in [3.05, 3.63) is 75.9 Å². The molecule has 0 spiro atoms. The molecule has 0 bridgehead atoms. The lowest BCUT2D eigenvalue weighted by molar-refractivity contribution is -0.122. The molecule has 1 aliphatic rings. The highest BCUT2D eigenvalue weighted by Crippen LogP contribution is 2.31. The van der Waals surface area contributed by atoms with Crippen LogP contribution in [0.5, 0.6) is 0 Å². The van der Waals surface area contributed by atoms with E-state index in [1.807, 2.05) is 0 Å². The molecule has 0 saturated carbocycles. The molecule has 2 aromatic rings. The second-order valence-corrected chi connectivity index (χ2v) is 10.1. The summed E-state index contributed by atoms with van der Waals surface area (Å²) in [5.74, 6) is -1.21. The number of rotatable bonds is 9. The molecule has 1 aliphatic heterocycles. The summed E-state index contributed by atoms with van der Waals surface area (Å²) < 4.78 is 37.6. The highest BCUT2D eigenvalue weighted by molar-refractivity contribution is 8.18. The maximum atomic E-state index is 13.0. The molecule has 0 aliphatic carbocycles.